The fourth-order valence-corrected chi connectivity index (χ4v) is 1.43. The van der Waals surface area contributed by atoms with Gasteiger partial charge in [0.15, 0.2) is 5.78 Å². The Kier molecular flexibility index (Phi) is 8.49. The molecule has 0 saturated carbocycles. The largest absolute Gasteiger partial charge is 0.328 e. The molecule has 3 N–H and O–H groups in total. The van der Waals surface area contributed by atoms with Gasteiger partial charge in [0.1, 0.15) is 0 Å². The molecule has 0 aliphatic heterocycles. The summed E-state index contributed by atoms with van der Waals surface area (Å²) in [5, 5.41) is 3.14. The summed E-state index contributed by atoms with van der Waals surface area (Å²) in [7, 11) is 0. The van der Waals surface area contributed by atoms with Crippen molar-refractivity contribution in [3.63, 3.8) is 0 Å². The van der Waals surface area contributed by atoms with Crippen LogP contribution in [-0.2, 0) is 4.79 Å². The van der Waals surface area contributed by atoms with E-state index in [1.807, 2.05) is 6.26 Å². The van der Waals surface area contributed by atoms with Crippen LogP contribution in [-0.4, -0.2) is 36.9 Å². The molecule has 0 unspecified atom stereocenters. The number of Topliss-reactive ketones (excluding diaryl/α,β-unsaturated/α-hetero) is 1. The van der Waals surface area contributed by atoms with Crippen LogP contribution in [0.3, 0.4) is 0 Å². The van der Waals surface area contributed by atoms with Gasteiger partial charge in [-0.15, -0.1) is 0 Å². The average Bonchev–Trinajstić information content (AvgIpc) is 2.16. The number of nitrogens with two attached hydrogens (primary N) is 1. The molecule has 4 heteroatoms. The molecule has 0 heterocycles. The topological polar surface area (TPSA) is 55.1 Å². The third kappa shape index (κ3) is 6.07. The standard InChI is InChI=1S/C9H20N2OS/c1-3-5-11-8(7-10)9(12)4-6-13-2/h8,11H,3-7,10H2,1-2H3/t8-/m0/s1. The van der Waals surface area contributed by atoms with Gasteiger partial charge in [-0.25, -0.2) is 0 Å². The third-order valence-electron chi connectivity index (χ3n) is 1.82. The quantitative estimate of drug-likeness (QED) is 0.609. The minimum absolute atomic E-state index is 0.132. The Morgan fingerprint density at radius 3 is 2.77 bits per heavy atom. The van der Waals surface area contributed by atoms with Crippen LogP contribution in [0.15, 0.2) is 0 Å². The van der Waals surface area contributed by atoms with Crippen LogP contribution in [0.2, 0.25) is 0 Å². The van der Waals surface area contributed by atoms with E-state index in [2.05, 4.69) is 12.2 Å². The van der Waals surface area contributed by atoms with Crippen molar-refractivity contribution in [2.45, 2.75) is 25.8 Å². The Bertz CT molecular complexity index is 142. The predicted octanol–water partition coefficient (Wildman–Crippen LogP) is 0.635. The van der Waals surface area contributed by atoms with E-state index in [-0.39, 0.29) is 11.8 Å². The molecule has 78 valence electrons. The molecule has 0 amide bonds. The summed E-state index contributed by atoms with van der Waals surface area (Å²) in [5.41, 5.74) is 5.50. The molecule has 0 fully saturated rings. The Balaban J connectivity index is 3.71. The van der Waals surface area contributed by atoms with Gasteiger partial charge >= 0.3 is 0 Å². The SMILES string of the molecule is CCCN[C@@H](CN)C(=O)CCSC. The van der Waals surface area contributed by atoms with E-state index >= 15 is 0 Å². The molecule has 0 radical (unpaired) electrons. The van der Waals surface area contributed by atoms with Crippen molar-refractivity contribution in [2.24, 2.45) is 5.73 Å². The summed E-state index contributed by atoms with van der Waals surface area (Å²) in [4.78, 5) is 11.5. The second-order valence-electron chi connectivity index (χ2n) is 2.95. The van der Waals surface area contributed by atoms with E-state index in [4.69, 9.17) is 5.73 Å². The normalized spacial score (nSPS) is 12.8. The summed E-state index contributed by atoms with van der Waals surface area (Å²) in [6.07, 6.45) is 3.66. The number of carbonyl (C=O) groups is 1. The summed E-state index contributed by atoms with van der Waals surface area (Å²) < 4.78 is 0. The van der Waals surface area contributed by atoms with Gasteiger partial charge in [-0.05, 0) is 25.0 Å². The fourth-order valence-electron chi connectivity index (χ4n) is 1.02. The zero-order valence-electron chi connectivity index (χ0n) is 8.51. The van der Waals surface area contributed by atoms with Crippen LogP contribution in [0.4, 0.5) is 0 Å². The van der Waals surface area contributed by atoms with E-state index in [0.717, 1.165) is 18.7 Å². The Labute approximate surface area is 84.8 Å². The Hall–Kier alpha value is -0.0600. The lowest BCUT2D eigenvalue weighted by molar-refractivity contribution is -0.120. The number of carbonyl (C=O) groups excluding carboxylic acids is 1. The van der Waals surface area contributed by atoms with Crippen LogP contribution in [0, 0.1) is 0 Å². The van der Waals surface area contributed by atoms with Gasteiger partial charge in [-0.2, -0.15) is 11.8 Å². The zero-order chi connectivity index (χ0) is 10.1. The van der Waals surface area contributed by atoms with Crippen molar-refractivity contribution in [3.8, 4) is 0 Å². The Morgan fingerprint density at radius 1 is 1.62 bits per heavy atom. The molecule has 0 aliphatic carbocycles. The van der Waals surface area contributed by atoms with Crippen molar-refractivity contribution < 1.29 is 4.79 Å². The van der Waals surface area contributed by atoms with Gasteiger partial charge in [0, 0.05) is 13.0 Å². The van der Waals surface area contributed by atoms with Crippen LogP contribution >= 0.6 is 11.8 Å². The summed E-state index contributed by atoms with van der Waals surface area (Å²) in [6, 6.07) is -0.132. The highest BCUT2D eigenvalue weighted by Gasteiger charge is 2.14. The molecule has 3 nitrogen and oxygen atoms in total. The first-order valence-corrected chi connectivity index (χ1v) is 6.10. The first-order chi connectivity index (χ1) is 6.26. The Morgan fingerprint density at radius 2 is 2.31 bits per heavy atom. The predicted molar refractivity (Wildman–Crippen MR) is 59.1 cm³/mol. The maximum absolute atomic E-state index is 11.5. The molecule has 1 atom stereocenters. The number of thioether (sulfide) groups is 1. The molecular weight excluding hydrogens is 184 g/mol. The third-order valence-corrected chi connectivity index (χ3v) is 2.43. The molecule has 0 aromatic heterocycles. The average molecular weight is 204 g/mol. The molecule has 0 bridgehead atoms. The number of nitrogens with one attached hydrogen (secondary N) is 1. The van der Waals surface area contributed by atoms with Crippen molar-refractivity contribution in [2.75, 3.05) is 25.1 Å². The molecular formula is C9H20N2OS. The molecule has 0 saturated heterocycles. The van der Waals surface area contributed by atoms with Crippen LogP contribution in [0.5, 0.6) is 0 Å². The number of rotatable bonds is 8. The van der Waals surface area contributed by atoms with Gasteiger partial charge in [-0.1, -0.05) is 6.92 Å². The smallest absolute Gasteiger partial charge is 0.151 e. The highest BCUT2D eigenvalue weighted by atomic mass is 32.2. The first kappa shape index (κ1) is 12.9. The number of hydrogen-bond donors (Lipinski definition) is 2. The molecule has 0 aromatic rings. The zero-order valence-corrected chi connectivity index (χ0v) is 9.32. The lowest BCUT2D eigenvalue weighted by Gasteiger charge is -2.14. The van der Waals surface area contributed by atoms with Crippen molar-refractivity contribution in [1.82, 2.24) is 5.32 Å². The van der Waals surface area contributed by atoms with E-state index in [1.165, 1.54) is 0 Å². The summed E-state index contributed by atoms with van der Waals surface area (Å²) >= 11 is 1.69. The molecule has 0 aliphatic rings. The van der Waals surface area contributed by atoms with Gasteiger partial charge in [0.25, 0.3) is 0 Å². The van der Waals surface area contributed by atoms with E-state index in [0.29, 0.717) is 13.0 Å². The van der Waals surface area contributed by atoms with E-state index < -0.39 is 0 Å². The minimum atomic E-state index is -0.132. The molecule has 0 spiro atoms. The van der Waals surface area contributed by atoms with Crippen LogP contribution in [0.1, 0.15) is 19.8 Å². The second-order valence-corrected chi connectivity index (χ2v) is 3.94. The lowest BCUT2D eigenvalue weighted by Crippen LogP contribution is -2.43. The minimum Gasteiger partial charge on any atom is -0.328 e. The first-order valence-electron chi connectivity index (χ1n) is 4.71. The van der Waals surface area contributed by atoms with Gasteiger partial charge < -0.3 is 11.1 Å². The molecule has 0 rings (SSSR count). The fraction of sp³-hybridized carbons (Fsp3) is 0.889. The maximum atomic E-state index is 11.5. The molecule has 13 heavy (non-hydrogen) atoms. The van der Waals surface area contributed by atoms with Crippen molar-refractivity contribution >= 4 is 17.5 Å². The summed E-state index contributed by atoms with van der Waals surface area (Å²) in [5.74, 6) is 1.13. The lowest BCUT2D eigenvalue weighted by atomic mass is 10.1. The van der Waals surface area contributed by atoms with Crippen molar-refractivity contribution in [1.29, 1.82) is 0 Å². The van der Waals surface area contributed by atoms with Gasteiger partial charge in [0.05, 0.1) is 6.04 Å². The van der Waals surface area contributed by atoms with Crippen LogP contribution < -0.4 is 11.1 Å². The monoisotopic (exact) mass is 204 g/mol. The van der Waals surface area contributed by atoms with E-state index in [9.17, 15) is 4.79 Å². The van der Waals surface area contributed by atoms with Gasteiger partial charge in [-0.3, -0.25) is 4.79 Å². The maximum Gasteiger partial charge on any atom is 0.151 e. The summed E-state index contributed by atoms with van der Waals surface area (Å²) in [6.45, 7) is 3.35. The van der Waals surface area contributed by atoms with Crippen LogP contribution in [0.25, 0.3) is 0 Å². The van der Waals surface area contributed by atoms with Crippen molar-refractivity contribution in [3.05, 3.63) is 0 Å². The van der Waals surface area contributed by atoms with E-state index in [1.54, 1.807) is 11.8 Å². The second kappa shape index (κ2) is 8.53. The molecule has 0 aromatic carbocycles. The number of hydrogen-bond acceptors (Lipinski definition) is 4. The highest BCUT2D eigenvalue weighted by Crippen LogP contribution is 1.99. The highest BCUT2D eigenvalue weighted by molar-refractivity contribution is 7.98. The van der Waals surface area contributed by atoms with Gasteiger partial charge in [0.2, 0.25) is 0 Å². The number of ketones is 1.